The van der Waals surface area contributed by atoms with Crippen LogP contribution in [0.1, 0.15) is 63.0 Å². The minimum absolute atomic E-state index is 0.0696. The van der Waals surface area contributed by atoms with Crippen LogP contribution in [0.4, 0.5) is 0 Å². The lowest BCUT2D eigenvalue weighted by Crippen LogP contribution is -2.36. The standard InChI is InChI=1S/C32H38O2S/c1-23-17-29(35(27-13-6-4-7-14-27)28-15-8-5-9-16-28)18-24(2)31(23)34-30(33)22-32(3)20-25-11-10-12-26(19-25)21-32/h4-9,13-18,25-26,35H,10-12,19-22H2,1-3H3. The fourth-order valence-electron chi connectivity index (χ4n) is 6.71. The first-order valence-electron chi connectivity index (χ1n) is 13.1. The van der Waals surface area contributed by atoms with Crippen molar-refractivity contribution in [3.8, 4) is 5.75 Å². The van der Waals surface area contributed by atoms with Crippen molar-refractivity contribution in [1.82, 2.24) is 0 Å². The van der Waals surface area contributed by atoms with Crippen molar-refractivity contribution >= 4 is 16.9 Å². The van der Waals surface area contributed by atoms with Gasteiger partial charge in [-0.25, -0.2) is 0 Å². The number of hydrogen-bond donors (Lipinski definition) is 1. The van der Waals surface area contributed by atoms with Gasteiger partial charge in [0, 0.05) is 0 Å². The highest BCUT2D eigenvalue weighted by Gasteiger charge is 2.40. The predicted molar refractivity (Wildman–Crippen MR) is 146 cm³/mol. The third-order valence-corrected chi connectivity index (χ3v) is 10.4. The van der Waals surface area contributed by atoms with E-state index in [1.807, 2.05) is 0 Å². The van der Waals surface area contributed by atoms with Gasteiger partial charge in [-0.15, -0.1) is 0 Å². The van der Waals surface area contributed by atoms with Crippen molar-refractivity contribution in [2.75, 3.05) is 0 Å². The summed E-state index contributed by atoms with van der Waals surface area (Å²) in [6.45, 7) is 6.47. The van der Waals surface area contributed by atoms with Crippen molar-refractivity contribution < 1.29 is 9.53 Å². The van der Waals surface area contributed by atoms with Crippen LogP contribution >= 0.6 is 10.9 Å². The number of esters is 1. The molecule has 0 radical (unpaired) electrons. The van der Waals surface area contributed by atoms with Crippen molar-refractivity contribution in [3.05, 3.63) is 83.9 Å². The zero-order valence-corrected chi connectivity index (χ0v) is 22.2. The van der Waals surface area contributed by atoms with E-state index in [1.165, 1.54) is 53.2 Å². The van der Waals surface area contributed by atoms with Crippen LogP contribution in [-0.2, 0) is 4.79 Å². The second-order valence-corrected chi connectivity index (χ2v) is 13.4. The fourth-order valence-corrected chi connectivity index (χ4v) is 9.19. The molecule has 2 fully saturated rings. The number of hydrogen-bond acceptors (Lipinski definition) is 2. The van der Waals surface area contributed by atoms with E-state index < -0.39 is 10.9 Å². The zero-order chi connectivity index (χ0) is 24.4. The van der Waals surface area contributed by atoms with Gasteiger partial charge in [-0.3, -0.25) is 4.79 Å². The molecule has 0 heterocycles. The molecule has 2 nitrogen and oxygen atoms in total. The monoisotopic (exact) mass is 486 g/mol. The number of thiol groups is 1. The Morgan fingerprint density at radius 2 is 1.37 bits per heavy atom. The Labute approximate surface area is 213 Å². The molecule has 2 unspecified atom stereocenters. The zero-order valence-electron chi connectivity index (χ0n) is 21.3. The number of carbonyl (C=O) groups excluding carboxylic acids is 1. The summed E-state index contributed by atoms with van der Waals surface area (Å²) in [5.41, 5.74) is 2.17. The van der Waals surface area contributed by atoms with Crippen LogP contribution in [0, 0.1) is 31.1 Å². The van der Waals surface area contributed by atoms with Gasteiger partial charge in [0.25, 0.3) is 0 Å². The van der Waals surface area contributed by atoms with Gasteiger partial charge in [0.2, 0.25) is 0 Å². The van der Waals surface area contributed by atoms with Crippen LogP contribution in [0.5, 0.6) is 5.75 Å². The van der Waals surface area contributed by atoms with E-state index in [0.29, 0.717) is 6.42 Å². The van der Waals surface area contributed by atoms with E-state index in [4.69, 9.17) is 4.74 Å². The molecule has 184 valence electrons. The molecule has 0 aromatic heterocycles. The molecule has 2 saturated carbocycles. The number of benzene rings is 3. The molecule has 3 aromatic rings. The third kappa shape index (κ3) is 5.51. The summed E-state index contributed by atoms with van der Waals surface area (Å²) in [7, 11) is -0.679. The minimum Gasteiger partial charge on any atom is -0.426 e. The van der Waals surface area contributed by atoms with Crippen LogP contribution in [-0.4, -0.2) is 5.97 Å². The molecule has 2 aliphatic rings. The summed E-state index contributed by atoms with van der Waals surface area (Å²) in [6, 6.07) is 25.9. The molecule has 2 aliphatic carbocycles. The quantitative estimate of drug-likeness (QED) is 0.214. The number of carbonyl (C=O) groups is 1. The van der Waals surface area contributed by atoms with Gasteiger partial charge in [-0.05, 0) is 113 Å². The number of rotatable bonds is 6. The number of aryl methyl sites for hydroxylation is 2. The maximum Gasteiger partial charge on any atom is 0.311 e. The molecule has 3 aromatic carbocycles. The molecule has 3 heteroatoms. The molecule has 0 N–H and O–H groups in total. The summed E-state index contributed by atoms with van der Waals surface area (Å²) < 4.78 is 6.08. The first kappa shape index (κ1) is 24.2. The number of ether oxygens (including phenoxy) is 1. The SMILES string of the molecule is Cc1cc([SH](c2ccccc2)c2ccccc2)cc(C)c1OC(=O)CC1(C)CC2CCCC(C2)C1. The van der Waals surface area contributed by atoms with Crippen LogP contribution in [0.3, 0.4) is 0 Å². The molecule has 0 saturated heterocycles. The molecule has 0 spiro atoms. The Balaban J connectivity index is 1.38. The normalized spacial score (nSPS) is 24.0. The Bertz CT molecular complexity index is 1100. The highest BCUT2D eigenvalue weighted by atomic mass is 32.2. The Kier molecular flexibility index (Phi) is 7.07. The van der Waals surface area contributed by atoms with Gasteiger partial charge in [-0.2, -0.15) is 10.9 Å². The summed E-state index contributed by atoms with van der Waals surface area (Å²) in [5, 5.41) is 0. The largest absolute Gasteiger partial charge is 0.426 e. The second-order valence-electron chi connectivity index (χ2n) is 11.2. The first-order valence-corrected chi connectivity index (χ1v) is 14.5. The summed E-state index contributed by atoms with van der Waals surface area (Å²) in [6.07, 6.45) is 8.30. The van der Waals surface area contributed by atoms with E-state index >= 15 is 0 Å². The van der Waals surface area contributed by atoms with Crippen LogP contribution < -0.4 is 4.74 Å². The van der Waals surface area contributed by atoms with Crippen LogP contribution in [0.2, 0.25) is 0 Å². The van der Waals surface area contributed by atoms with Crippen LogP contribution in [0.15, 0.2) is 87.5 Å². The summed E-state index contributed by atoms with van der Waals surface area (Å²) >= 11 is 0. The highest BCUT2D eigenvalue weighted by molar-refractivity contribution is 8.17. The first-order chi connectivity index (χ1) is 16.9. The van der Waals surface area contributed by atoms with Gasteiger partial charge in [0.05, 0.1) is 6.42 Å². The molecule has 0 aliphatic heterocycles. The average Bonchev–Trinajstić information content (AvgIpc) is 2.82. The molecule has 0 amide bonds. The van der Waals surface area contributed by atoms with E-state index in [-0.39, 0.29) is 11.4 Å². The lowest BCUT2D eigenvalue weighted by molar-refractivity contribution is -0.138. The highest BCUT2D eigenvalue weighted by Crippen LogP contribution is 2.53. The lowest BCUT2D eigenvalue weighted by atomic mass is 9.60. The van der Waals surface area contributed by atoms with Crippen molar-refractivity contribution in [2.24, 2.45) is 17.3 Å². The summed E-state index contributed by atoms with van der Waals surface area (Å²) in [4.78, 5) is 17.1. The number of fused-ring (bicyclic) bond motifs is 2. The smallest absolute Gasteiger partial charge is 0.311 e. The van der Waals surface area contributed by atoms with Gasteiger partial charge in [0.15, 0.2) is 0 Å². The molecular weight excluding hydrogens is 448 g/mol. The molecule has 5 rings (SSSR count). The third-order valence-electron chi connectivity index (χ3n) is 7.97. The maximum atomic E-state index is 13.2. The van der Waals surface area contributed by atoms with Crippen molar-refractivity contribution in [2.45, 2.75) is 80.4 Å². The fraction of sp³-hybridized carbons (Fsp3) is 0.406. The van der Waals surface area contributed by atoms with Crippen LogP contribution in [0.25, 0.3) is 0 Å². The molecule has 2 bridgehead atoms. The topological polar surface area (TPSA) is 26.3 Å². The van der Waals surface area contributed by atoms with Gasteiger partial charge >= 0.3 is 5.97 Å². The average molecular weight is 487 g/mol. The molecule has 35 heavy (non-hydrogen) atoms. The van der Waals surface area contributed by atoms with E-state index in [0.717, 1.165) is 28.7 Å². The Morgan fingerprint density at radius 1 is 0.857 bits per heavy atom. The minimum atomic E-state index is -0.679. The Morgan fingerprint density at radius 3 is 1.89 bits per heavy atom. The van der Waals surface area contributed by atoms with Gasteiger partial charge < -0.3 is 4.74 Å². The van der Waals surface area contributed by atoms with Crippen molar-refractivity contribution in [1.29, 1.82) is 0 Å². The van der Waals surface area contributed by atoms with E-state index in [1.54, 1.807) is 0 Å². The van der Waals surface area contributed by atoms with E-state index in [2.05, 4.69) is 93.6 Å². The van der Waals surface area contributed by atoms with E-state index in [9.17, 15) is 4.79 Å². The maximum absolute atomic E-state index is 13.2. The Hall–Kier alpha value is -2.52. The van der Waals surface area contributed by atoms with Gasteiger partial charge in [-0.1, -0.05) is 62.6 Å². The predicted octanol–water partition coefficient (Wildman–Crippen LogP) is 8.68. The van der Waals surface area contributed by atoms with Gasteiger partial charge in [0.1, 0.15) is 5.75 Å². The molecular formula is C32H38O2S. The van der Waals surface area contributed by atoms with Crippen molar-refractivity contribution in [3.63, 3.8) is 0 Å². The second kappa shape index (κ2) is 10.2. The summed E-state index contributed by atoms with van der Waals surface area (Å²) in [5.74, 6) is 2.28. The molecule has 2 atom stereocenters. The lowest BCUT2D eigenvalue weighted by Gasteiger charge is -2.45.